The molecule has 0 amide bonds. The lowest BCUT2D eigenvalue weighted by atomic mass is 10.0. The number of aliphatic hydroxyl groups excluding tert-OH is 1. The number of aliphatic hydroxyl groups is 1. The number of aromatic nitrogens is 1. The van der Waals surface area contributed by atoms with Crippen LogP contribution in [0.4, 0.5) is 0 Å². The molecule has 0 aliphatic rings. The molecule has 7 heteroatoms. The molecule has 158 valence electrons. The topological polar surface area (TPSA) is 112 Å². The minimum absolute atomic E-state index is 0.0216. The number of unbranched alkanes of at least 4 members (excludes halogenated alkanes) is 2. The van der Waals surface area contributed by atoms with Gasteiger partial charge in [0.25, 0.3) is 0 Å². The van der Waals surface area contributed by atoms with Gasteiger partial charge in [-0.05, 0) is 55.6 Å². The average Bonchev–Trinajstić information content (AvgIpc) is 2.76. The molecule has 0 aliphatic heterocycles. The Balaban J connectivity index is 1.38. The molecule has 0 saturated heterocycles. The summed E-state index contributed by atoms with van der Waals surface area (Å²) in [5.74, 6) is 0.676. The van der Waals surface area contributed by atoms with Crippen molar-refractivity contribution >= 4 is 17.2 Å². The Morgan fingerprint density at radius 2 is 1.97 bits per heavy atom. The van der Waals surface area contributed by atoms with E-state index in [1.165, 1.54) is 12.1 Å². The quantitative estimate of drug-likeness (QED) is 0.286. The van der Waals surface area contributed by atoms with Crippen molar-refractivity contribution in [2.45, 2.75) is 25.4 Å². The molecule has 1 aromatic heterocycles. The Bertz CT molecular complexity index is 1050. The molecule has 0 aliphatic carbocycles. The monoisotopic (exact) mass is 410 g/mol. The van der Waals surface area contributed by atoms with Crippen molar-refractivity contribution in [1.82, 2.24) is 10.3 Å². The second kappa shape index (κ2) is 10.6. The summed E-state index contributed by atoms with van der Waals surface area (Å²) in [5, 5.41) is 24.3. The highest BCUT2D eigenvalue weighted by Crippen LogP contribution is 2.28. The zero-order chi connectivity index (χ0) is 21.3. The molecule has 0 radical (unpaired) electrons. The van der Waals surface area contributed by atoms with E-state index >= 15 is 0 Å². The SMILES string of the molecule is O=Cc1cccc(OCCCCCNCC(O)c2ccc(O)c3[nH]c(=O)ccc23)c1. The van der Waals surface area contributed by atoms with Gasteiger partial charge in [-0.25, -0.2) is 0 Å². The van der Waals surface area contributed by atoms with Crippen molar-refractivity contribution in [3.05, 3.63) is 70.0 Å². The summed E-state index contributed by atoms with van der Waals surface area (Å²) in [7, 11) is 0. The average molecular weight is 410 g/mol. The fourth-order valence-corrected chi connectivity index (χ4v) is 3.29. The van der Waals surface area contributed by atoms with Crippen LogP contribution in [0.1, 0.15) is 41.3 Å². The molecule has 7 nitrogen and oxygen atoms in total. The maximum Gasteiger partial charge on any atom is 0.248 e. The van der Waals surface area contributed by atoms with Gasteiger partial charge in [0.2, 0.25) is 5.56 Å². The van der Waals surface area contributed by atoms with E-state index in [-0.39, 0.29) is 11.3 Å². The van der Waals surface area contributed by atoms with Crippen molar-refractivity contribution in [1.29, 1.82) is 0 Å². The summed E-state index contributed by atoms with van der Waals surface area (Å²) < 4.78 is 5.65. The van der Waals surface area contributed by atoms with Crippen molar-refractivity contribution in [2.75, 3.05) is 19.7 Å². The van der Waals surface area contributed by atoms with Crippen LogP contribution < -0.4 is 15.6 Å². The second-order valence-electron chi connectivity index (χ2n) is 7.10. The Morgan fingerprint density at radius 1 is 1.10 bits per heavy atom. The lowest BCUT2D eigenvalue weighted by molar-refractivity contribution is 0.112. The van der Waals surface area contributed by atoms with E-state index in [1.807, 2.05) is 6.07 Å². The molecule has 0 saturated carbocycles. The van der Waals surface area contributed by atoms with Gasteiger partial charge in [0, 0.05) is 23.6 Å². The highest BCUT2D eigenvalue weighted by atomic mass is 16.5. The van der Waals surface area contributed by atoms with Crippen LogP contribution in [0.2, 0.25) is 0 Å². The summed E-state index contributed by atoms with van der Waals surface area (Å²) in [4.78, 5) is 24.8. The third-order valence-corrected chi connectivity index (χ3v) is 4.86. The fourth-order valence-electron chi connectivity index (χ4n) is 3.29. The minimum Gasteiger partial charge on any atom is -0.506 e. The number of phenols is 1. The van der Waals surface area contributed by atoms with Gasteiger partial charge in [-0.15, -0.1) is 0 Å². The molecule has 0 fully saturated rings. The van der Waals surface area contributed by atoms with Gasteiger partial charge in [-0.2, -0.15) is 0 Å². The summed E-state index contributed by atoms with van der Waals surface area (Å²) in [6.45, 7) is 1.71. The van der Waals surface area contributed by atoms with E-state index < -0.39 is 6.10 Å². The van der Waals surface area contributed by atoms with Crippen LogP contribution in [0.3, 0.4) is 0 Å². The number of benzene rings is 2. The van der Waals surface area contributed by atoms with Gasteiger partial charge >= 0.3 is 0 Å². The van der Waals surface area contributed by atoms with Crippen molar-refractivity contribution in [3.8, 4) is 11.5 Å². The number of aldehydes is 1. The standard InChI is InChI=1S/C23H26N2O5/c26-15-16-5-4-6-17(13-16)30-12-3-1-2-11-24-14-21(28)18-7-9-20(27)23-19(18)8-10-22(29)25-23/h4-10,13,15,21,24,27-28H,1-3,11-12,14H2,(H,25,29). The minimum atomic E-state index is -0.757. The first kappa shape index (κ1) is 21.5. The molecule has 0 bridgehead atoms. The van der Waals surface area contributed by atoms with Gasteiger partial charge < -0.3 is 25.3 Å². The Kier molecular flexibility index (Phi) is 7.59. The lowest BCUT2D eigenvalue weighted by Gasteiger charge is -2.15. The number of rotatable bonds is 11. The van der Waals surface area contributed by atoms with E-state index in [0.717, 1.165) is 32.1 Å². The first-order chi connectivity index (χ1) is 14.6. The highest BCUT2D eigenvalue weighted by Gasteiger charge is 2.13. The molecule has 2 aromatic carbocycles. The molecule has 1 atom stereocenters. The van der Waals surface area contributed by atoms with E-state index in [1.54, 1.807) is 30.3 Å². The Labute approximate surface area is 174 Å². The maximum absolute atomic E-state index is 11.5. The summed E-state index contributed by atoms with van der Waals surface area (Å²) in [6.07, 6.45) is 2.85. The molecule has 3 aromatic rings. The van der Waals surface area contributed by atoms with E-state index in [0.29, 0.717) is 40.9 Å². The Morgan fingerprint density at radius 3 is 2.80 bits per heavy atom. The van der Waals surface area contributed by atoms with Gasteiger partial charge in [0.05, 0.1) is 18.2 Å². The molecular weight excluding hydrogens is 384 g/mol. The maximum atomic E-state index is 11.5. The van der Waals surface area contributed by atoms with Gasteiger partial charge in [0.1, 0.15) is 17.8 Å². The highest BCUT2D eigenvalue weighted by molar-refractivity contribution is 5.87. The normalized spacial score (nSPS) is 12.0. The number of carbonyl (C=O) groups is 1. The number of hydrogen-bond acceptors (Lipinski definition) is 6. The van der Waals surface area contributed by atoms with E-state index in [4.69, 9.17) is 4.74 Å². The third kappa shape index (κ3) is 5.68. The largest absolute Gasteiger partial charge is 0.506 e. The Hall–Kier alpha value is -3.16. The number of fused-ring (bicyclic) bond motifs is 1. The predicted molar refractivity (Wildman–Crippen MR) is 115 cm³/mol. The molecule has 4 N–H and O–H groups in total. The number of carbonyl (C=O) groups excluding carboxylic acids is 1. The van der Waals surface area contributed by atoms with Crippen LogP contribution in [-0.2, 0) is 0 Å². The van der Waals surface area contributed by atoms with E-state index in [2.05, 4.69) is 10.3 Å². The number of aromatic amines is 1. The molecule has 30 heavy (non-hydrogen) atoms. The molecule has 0 spiro atoms. The summed E-state index contributed by atoms with van der Waals surface area (Å²) in [5.41, 5.74) is 1.28. The molecule has 1 heterocycles. The fraction of sp³-hybridized carbons (Fsp3) is 0.304. The number of aromatic hydroxyl groups is 1. The number of ether oxygens (including phenoxy) is 1. The first-order valence-electron chi connectivity index (χ1n) is 10.00. The number of H-pyrrole nitrogens is 1. The van der Waals surface area contributed by atoms with Crippen LogP contribution >= 0.6 is 0 Å². The van der Waals surface area contributed by atoms with Crippen LogP contribution in [0.25, 0.3) is 10.9 Å². The van der Waals surface area contributed by atoms with Crippen LogP contribution in [0.15, 0.2) is 53.3 Å². The zero-order valence-corrected chi connectivity index (χ0v) is 16.6. The van der Waals surface area contributed by atoms with Crippen LogP contribution in [0, 0.1) is 0 Å². The summed E-state index contributed by atoms with van der Waals surface area (Å²) in [6, 6.07) is 13.2. The van der Waals surface area contributed by atoms with Crippen molar-refractivity contribution < 1.29 is 19.7 Å². The number of hydrogen-bond donors (Lipinski definition) is 4. The predicted octanol–water partition coefficient (Wildman–Crippen LogP) is 2.92. The lowest BCUT2D eigenvalue weighted by Crippen LogP contribution is -2.23. The number of nitrogens with one attached hydrogen (secondary N) is 2. The van der Waals surface area contributed by atoms with E-state index in [9.17, 15) is 19.8 Å². The molecule has 1 unspecified atom stereocenters. The van der Waals surface area contributed by atoms with Crippen LogP contribution in [-0.4, -0.2) is 41.2 Å². The first-order valence-corrected chi connectivity index (χ1v) is 10.00. The van der Waals surface area contributed by atoms with Gasteiger partial charge in [-0.3, -0.25) is 9.59 Å². The number of pyridine rings is 1. The number of phenolic OH excluding ortho intramolecular Hbond substituents is 1. The van der Waals surface area contributed by atoms with Gasteiger partial charge in [0.15, 0.2) is 0 Å². The van der Waals surface area contributed by atoms with Crippen molar-refractivity contribution in [2.24, 2.45) is 0 Å². The smallest absolute Gasteiger partial charge is 0.248 e. The summed E-state index contributed by atoms with van der Waals surface area (Å²) >= 11 is 0. The van der Waals surface area contributed by atoms with Crippen molar-refractivity contribution in [3.63, 3.8) is 0 Å². The molecule has 3 rings (SSSR count). The third-order valence-electron chi connectivity index (χ3n) is 4.86. The van der Waals surface area contributed by atoms with Gasteiger partial charge in [-0.1, -0.05) is 18.2 Å². The second-order valence-corrected chi connectivity index (χ2v) is 7.10. The molecular formula is C23H26N2O5. The van der Waals surface area contributed by atoms with Crippen LogP contribution in [0.5, 0.6) is 11.5 Å². The zero-order valence-electron chi connectivity index (χ0n) is 16.6.